The molecule has 5 heteroatoms. The SMILES string of the molecule is COc1ccc(CSc2cc(Cl)n(C)c(=O)c2)cc1. The molecule has 0 aliphatic carbocycles. The Kier molecular flexibility index (Phi) is 4.56. The summed E-state index contributed by atoms with van der Waals surface area (Å²) in [5.41, 5.74) is 1.08. The lowest BCUT2D eigenvalue weighted by Gasteiger charge is -2.06. The molecule has 100 valence electrons. The Bertz CT molecular complexity index is 622. The minimum absolute atomic E-state index is 0.0928. The number of aromatic nitrogens is 1. The maximum Gasteiger partial charge on any atom is 0.252 e. The van der Waals surface area contributed by atoms with Gasteiger partial charge in [-0.15, -0.1) is 11.8 Å². The van der Waals surface area contributed by atoms with Gasteiger partial charge in [0.05, 0.1) is 7.11 Å². The van der Waals surface area contributed by atoms with E-state index in [0.717, 1.165) is 16.4 Å². The van der Waals surface area contributed by atoms with E-state index in [4.69, 9.17) is 16.3 Å². The van der Waals surface area contributed by atoms with Crippen LogP contribution in [-0.4, -0.2) is 11.7 Å². The van der Waals surface area contributed by atoms with Gasteiger partial charge >= 0.3 is 0 Å². The number of thioether (sulfide) groups is 1. The zero-order valence-corrected chi connectivity index (χ0v) is 12.3. The molecule has 0 amide bonds. The van der Waals surface area contributed by atoms with Gasteiger partial charge in [-0.05, 0) is 23.8 Å². The van der Waals surface area contributed by atoms with Crippen LogP contribution in [0.25, 0.3) is 0 Å². The number of benzene rings is 1. The number of halogens is 1. The molecule has 2 rings (SSSR count). The molecule has 1 aromatic heterocycles. The van der Waals surface area contributed by atoms with E-state index in [9.17, 15) is 4.79 Å². The Hall–Kier alpha value is -1.39. The molecule has 0 bridgehead atoms. The van der Waals surface area contributed by atoms with Gasteiger partial charge in [0.2, 0.25) is 0 Å². The molecule has 0 saturated carbocycles. The van der Waals surface area contributed by atoms with E-state index in [1.807, 2.05) is 24.3 Å². The van der Waals surface area contributed by atoms with Crippen molar-refractivity contribution in [3.05, 3.63) is 57.5 Å². The fourth-order valence-electron chi connectivity index (χ4n) is 1.55. The number of hydrogen-bond donors (Lipinski definition) is 0. The van der Waals surface area contributed by atoms with Gasteiger partial charge in [0.25, 0.3) is 5.56 Å². The van der Waals surface area contributed by atoms with Crippen LogP contribution in [0.5, 0.6) is 5.75 Å². The molecule has 19 heavy (non-hydrogen) atoms. The molecule has 0 aliphatic rings. The number of nitrogens with zero attached hydrogens (tertiary/aromatic N) is 1. The molecule has 2 aromatic rings. The summed E-state index contributed by atoms with van der Waals surface area (Å²) in [5, 5.41) is 0.449. The molecule has 0 radical (unpaired) electrons. The van der Waals surface area contributed by atoms with E-state index < -0.39 is 0 Å². The summed E-state index contributed by atoms with van der Waals surface area (Å²) < 4.78 is 6.52. The third kappa shape index (κ3) is 3.55. The Balaban J connectivity index is 2.07. The average Bonchev–Trinajstić information content (AvgIpc) is 2.43. The highest BCUT2D eigenvalue weighted by Crippen LogP contribution is 2.24. The minimum atomic E-state index is -0.0928. The first-order chi connectivity index (χ1) is 9.10. The monoisotopic (exact) mass is 295 g/mol. The second-order valence-corrected chi connectivity index (χ2v) is 5.48. The smallest absolute Gasteiger partial charge is 0.252 e. The minimum Gasteiger partial charge on any atom is -0.497 e. The van der Waals surface area contributed by atoms with Gasteiger partial charge in [0.1, 0.15) is 10.9 Å². The van der Waals surface area contributed by atoms with E-state index in [2.05, 4.69) is 0 Å². The quantitative estimate of drug-likeness (QED) is 0.640. The maximum atomic E-state index is 11.6. The number of rotatable bonds is 4. The van der Waals surface area contributed by atoms with E-state index in [1.54, 1.807) is 38.1 Å². The predicted octanol–water partition coefficient (Wildman–Crippen LogP) is 3.34. The summed E-state index contributed by atoms with van der Waals surface area (Å²) >= 11 is 7.56. The molecule has 0 N–H and O–H groups in total. The van der Waals surface area contributed by atoms with Crippen LogP contribution in [0.2, 0.25) is 5.15 Å². The van der Waals surface area contributed by atoms with E-state index in [0.29, 0.717) is 5.15 Å². The van der Waals surface area contributed by atoms with Crippen molar-refractivity contribution in [1.82, 2.24) is 4.57 Å². The highest BCUT2D eigenvalue weighted by molar-refractivity contribution is 7.98. The highest BCUT2D eigenvalue weighted by atomic mass is 35.5. The van der Waals surface area contributed by atoms with Crippen LogP contribution in [-0.2, 0) is 12.8 Å². The van der Waals surface area contributed by atoms with Crippen LogP contribution in [0.15, 0.2) is 46.1 Å². The third-order valence-electron chi connectivity index (χ3n) is 2.74. The lowest BCUT2D eigenvalue weighted by atomic mass is 10.2. The molecule has 0 saturated heterocycles. The molecule has 1 heterocycles. The lowest BCUT2D eigenvalue weighted by molar-refractivity contribution is 0.414. The lowest BCUT2D eigenvalue weighted by Crippen LogP contribution is -2.15. The van der Waals surface area contributed by atoms with Crippen molar-refractivity contribution in [3.63, 3.8) is 0 Å². The average molecular weight is 296 g/mol. The first-order valence-corrected chi connectivity index (χ1v) is 7.09. The van der Waals surface area contributed by atoms with E-state index in [-0.39, 0.29) is 5.56 Å². The standard InChI is InChI=1S/C14H14ClNO2S/c1-16-13(15)7-12(8-14(16)17)19-9-10-3-5-11(18-2)6-4-10/h3-8H,9H2,1-2H3. The molecular weight excluding hydrogens is 282 g/mol. The fraction of sp³-hybridized carbons (Fsp3) is 0.214. The van der Waals surface area contributed by atoms with Gasteiger partial charge in [-0.1, -0.05) is 23.7 Å². The summed E-state index contributed by atoms with van der Waals surface area (Å²) in [6.45, 7) is 0. The maximum absolute atomic E-state index is 11.6. The van der Waals surface area contributed by atoms with Crippen molar-refractivity contribution in [3.8, 4) is 5.75 Å². The summed E-state index contributed by atoms with van der Waals surface area (Å²) in [6, 6.07) is 11.3. The molecular formula is C14H14ClNO2S. The van der Waals surface area contributed by atoms with Crippen LogP contribution in [0.4, 0.5) is 0 Å². The Morgan fingerprint density at radius 3 is 2.53 bits per heavy atom. The van der Waals surface area contributed by atoms with Crippen molar-refractivity contribution in [2.75, 3.05) is 7.11 Å². The van der Waals surface area contributed by atoms with Gasteiger partial charge in [0.15, 0.2) is 0 Å². The number of pyridine rings is 1. The zero-order chi connectivity index (χ0) is 13.8. The van der Waals surface area contributed by atoms with Crippen LogP contribution in [0.1, 0.15) is 5.56 Å². The van der Waals surface area contributed by atoms with Gasteiger partial charge < -0.3 is 9.30 Å². The summed E-state index contributed by atoms with van der Waals surface area (Å²) in [5.74, 6) is 1.62. The fourth-order valence-corrected chi connectivity index (χ4v) is 2.72. The topological polar surface area (TPSA) is 31.2 Å². The summed E-state index contributed by atoms with van der Waals surface area (Å²) in [4.78, 5) is 12.5. The first-order valence-electron chi connectivity index (χ1n) is 5.72. The van der Waals surface area contributed by atoms with Crippen LogP contribution < -0.4 is 10.3 Å². The Morgan fingerprint density at radius 2 is 1.95 bits per heavy atom. The van der Waals surface area contributed by atoms with Crippen molar-refractivity contribution in [2.45, 2.75) is 10.6 Å². The molecule has 0 spiro atoms. The van der Waals surface area contributed by atoms with Crippen molar-refractivity contribution in [1.29, 1.82) is 0 Å². The zero-order valence-electron chi connectivity index (χ0n) is 10.7. The van der Waals surface area contributed by atoms with E-state index >= 15 is 0 Å². The van der Waals surface area contributed by atoms with Crippen LogP contribution in [0, 0.1) is 0 Å². The number of ether oxygens (including phenoxy) is 1. The van der Waals surface area contributed by atoms with Crippen molar-refractivity contribution < 1.29 is 4.74 Å². The number of hydrogen-bond acceptors (Lipinski definition) is 3. The normalized spacial score (nSPS) is 10.5. The molecule has 3 nitrogen and oxygen atoms in total. The molecule has 0 fully saturated rings. The van der Waals surface area contributed by atoms with Crippen molar-refractivity contribution >= 4 is 23.4 Å². The van der Waals surface area contributed by atoms with Crippen LogP contribution in [0.3, 0.4) is 0 Å². The van der Waals surface area contributed by atoms with Gasteiger partial charge in [-0.25, -0.2) is 0 Å². The third-order valence-corrected chi connectivity index (χ3v) is 4.15. The van der Waals surface area contributed by atoms with Gasteiger partial charge in [-0.3, -0.25) is 4.79 Å². The molecule has 0 atom stereocenters. The Morgan fingerprint density at radius 1 is 1.26 bits per heavy atom. The first kappa shape index (κ1) is 14.0. The second kappa shape index (κ2) is 6.17. The largest absolute Gasteiger partial charge is 0.497 e. The molecule has 0 unspecified atom stereocenters. The molecule has 1 aromatic carbocycles. The summed E-state index contributed by atoms with van der Waals surface area (Å²) in [6.07, 6.45) is 0. The van der Waals surface area contributed by atoms with Crippen molar-refractivity contribution in [2.24, 2.45) is 7.05 Å². The predicted molar refractivity (Wildman–Crippen MR) is 79.2 cm³/mol. The van der Waals surface area contributed by atoms with Gasteiger partial charge in [0, 0.05) is 23.8 Å². The summed E-state index contributed by atoms with van der Waals surface area (Å²) in [7, 11) is 3.30. The highest BCUT2D eigenvalue weighted by Gasteiger charge is 2.03. The Labute approximate surface area is 121 Å². The van der Waals surface area contributed by atoms with Crippen LogP contribution >= 0.6 is 23.4 Å². The molecule has 0 aliphatic heterocycles. The van der Waals surface area contributed by atoms with Gasteiger partial charge in [-0.2, -0.15) is 0 Å². The number of methoxy groups -OCH3 is 1. The second-order valence-electron chi connectivity index (χ2n) is 4.05. The van der Waals surface area contributed by atoms with E-state index in [1.165, 1.54) is 10.1 Å².